The van der Waals surface area contributed by atoms with E-state index in [4.69, 9.17) is 4.98 Å². The van der Waals surface area contributed by atoms with Gasteiger partial charge in [-0.2, -0.15) is 0 Å². The first-order valence-electron chi connectivity index (χ1n) is 12.5. The van der Waals surface area contributed by atoms with Crippen LogP contribution in [-0.2, 0) is 17.6 Å². The zero-order valence-corrected chi connectivity index (χ0v) is 21.0. The van der Waals surface area contributed by atoms with Crippen LogP contribution >= 0.6 is 23.1 Å². The minimum atomic E-state index is 0.0683. The van der Waals surface area contributed by atoms with Crippen LogP contribution in [0.2, 0.25) is 0 Å². The average molecular weight is 474 g/mol. The smallest absolute Gasteiger partial charge is 0.263 e. The summed E-state index contributed by atoms with van der Waals surface area (Å²) in [4.78, 5) is 33.8. The summed E-state index contributed by atoms with van der Waals surface area (Å²) in [6.07, 6.45) is 12.4. The number of hydrogen-bond acceptors (Lipinski definition) is 5. The Bertz CT molecular complexity index is 1050. The van der Waals surface area contributed by atoms with Gasteiger partial charge in [0.05, 0.1) is 11.1 Å². The van der Waals surface area contributed by atoms with E-state index >= 15 is 0 Å². The molecular weight excluding hydrogens is 438 g/mol. The van der Waals surface area contributed by atoms with E-state index in [2.05, 4.69) is 19.2 Å². The maximum Gasteiger partial charge on any atom is 0.263 e. The van der Waals surface area contributed by atoms with Gasteiger partial charge in [0, 0.05) is 17.0 Å². The summed E-state index contributed by atoms with van der Waals surface area (Å²) in [6, 6.07) is 0.492. The Kier molecular flexibility index (Phi) is 6.66. The molecule has 0 saturated heterocycles. The van der Waals surface area contributed by atoms with E-state index < -0.39 is 0 Å². The molecule has 1 amide bonds. The van der Waals surface area contributed by atoms with Crippen molar-refractivity contribution in [3.8, 4) is 0 Å². The fourth-order valence-corrected chi connectivity index (χ4v) is 8.13. The summed E-state index contributed by atoms with van der Waals surface area (Å²) in [7, 11) is 0. The van der Waals surface area contributed by atoms with Crippen LogP contribution in [0.15, 0.2) is 9.95 Å². The predicted molar refractivity (Wildman–Crippen MR) is 133 cm³/mol. The highest BCUT2D eigenvalue weighted by molar-refractivity contribution is 7.99. The van der Waals surface area contributed by atoms with E-state index in [-0.39, 0.29) is 23.6 Å². The molecule has 3 aliphatic rings. The Balaban J connectivity index is 1.40. The van der Waals surface area contributed by atoms with E-state index in [9.17, 15) is 9.59 Å². The molecule has 5 rings (SSSR count). The van der Waals surface area contributed by atoms with Crippen molar-refractivity contribution in [2.75, 3.05) is 5.75 Å². The number of carbonyl (C=O) groups excluding carboxylic acids is 1. The van der Waals surface area contributed by atoms with Crippen LogP contribution in [0.5, 0.6) is 0 Å². The molecule has 2 saturated carbocycles. The van der Waals surface area contributed by atoms with Crippen molar-refractivity contribution in [1.29, 1.82) is 0 Å². The van der Waals surface area contributed by atoms with Crippen LogP contribution in [0.4, 0.5) is 0 Å². The van der Waals surface area contributed by atoms with Gasteiger partial charge in [0.1, 0.15) is 4.83 Å². The third kappa shape index (κ3) is 4.27. The van der Waals surface area contributed by atoms with Gasteiger partial charge < -0.3 is 5.32 Å². The normalized spacial score (nSPS) is 26.4. The SMILES string of the molecule is CC1CCCC(NC(=O)CSc2nc3sc4c(c3c(=O)n2C2CCCC2)CCCC4)C1C. The van der Waals surface area contributed by atoms with Crippen LogP contribution in [0.1, 0.15) is 88.1 Å². The topological polar surface area (TPSA) is 64.0 Å². The van der Waals surface area contributed by atoms with Crippen molar-refractivity contribution in [2.24, 2.45) is 11.8 Å². The molecule has 2 aromatic heterocycles. The number of carbonyl (C=O) groups is 1. The average Bonchev–Trinajstić information content (AvgIpc) is 3.43. The molecule has 1 N–H and O–H groups in total. The summed E-state index contributed by atoms with van der Waals surface area (Å²) < 4.78 is 1.96. The molecular formula is C25H35N3O2S2. The number of rotatable bonds is 5. The van der Waals surface area contributed by atoms with Gasteiger partial charge in [0.15, 0.2) is 5.16 Å². The van der Waals surface area contributed by atoms with E-state index in [1.165, 1.54) is 54.3 Å². The molecule has 3 unspecified atom stereocenters. The summed E-state index contributed by atoms with van der Waals surface area (Å²) in [5, 5.41) is 4.89. The maximum atomic E-state index is 13.7. The van der Waals surface area contributed by atoms with Gasteiger partial charge in [0.2, 0.25) is 5.91 Å². The number of fused-ring (bicyclic) bond motifs is 3. The monoisotopic (exact) mass is 473 g/mol. The van der Waals surface area contributed by atoms with Crippen LogP contribution in [0.25, 0.3) is 10.2 Å². The molecule has 3 atom stereocenters. The Morgan fingerprint density at radius 2 is 1.88 bits per heavy atom. The van der Waals surface area contributed by atoms with Gasteiger partial charge >= 0.3 is 0 Å². The number of thiophene rings is 1. The van der Waals surface area contributed by atoms with E-state index in [1.807, 2.05) is 4.57 Å². The van der Waals surface area contributed by atoms with Crippen LogP contribution in [0, 0.1) is 11.8 Å². The fourth-order valence-electron chi connectivity index (χ4n) is 5.95. The Morgan fingerprint density at radius 1 is 1.09 bits per heavy atom. The van der Waals surface area contributed by atoms with Gasteiger partial charge in [0.25, 0.3) is 5.56 Å². The summed E-state index contributed by atoms with van der Waals surface area (Å²) in [6.45, 7) is 4.55. The number of thioether (sulfide) groups is 1. The zero-order valence-electron chi connectivity index (χ0n) is 19.3. The van der Waals surface area contributed by atoms with Crippen molar-refractivity contribution >= 4 is 39.2 Å². The molecule has 174 valence electrons. The molecule has 0 aromatic carbocycles. The molecule has 32 heavy (non-hydrogen) atoms. The molecule has 0 spiro atoms. The lowest BCUT2D eigenvalue weighted by Crippen LogP contribution is -2.44. The third-order valence-corrected chi connectivity index (χ3v) is 10.2. The number of aryl methyl sites for hydroxylation is 2. The zero-order chi connectivity index (χ0) is 22.2. The second-order valence-corrected chi connectivity index (χ2v) is 12.2. The Hall–Kier alpha value is -1.34. The maximum absolute atomic E-state index is 13.7. The predicted octanol–water partition coefficient (Wildman–Crippen LogP) is 5.48. The Morgan fingerprint density at radius 3 is 2.69 bits per heavy atom. The van der Waals surface area contributed by atoms with E-state index in [0.717, 1.165) is 53.9 Å². The number of nitrogens with zero attached hydrogens (tertiary/aromatic N) is 2. The number of nitrogens with one attached hydrogen (secondary N) is 1. The highest BCUT2D eigenvalue weighted by Crippen LogP contribution is 2.37. The number of hydrogen-bond donors (Lipinski definition) is 1. The molecule has 0 radical (unpaired) electrons. The minimum absolute atomic E-state index is 0.0683. The largest absolute Gasteiger partial charge is 0.352 e. The Labute approximate surface area is 198 Å². The lowest BCUT2D eigenvalue weighted by atomic mass is 9.78. The first kappa shape index (κ1) is 22.5. The van der Waals surface area contributed by atoms with Crippen molar-refractivity contribution in [1.82, 2.24) is 14.9 Å². The van der Waals surface area contributed by atoms with E-state index in [0.29, 0.717) is 17.6 Å². The van der Waals surface area contributed by atoms with Gasteiger partial charge in [-0.3, -0.25) is 14.2 Å². The first-order valence-corrected chi connectivity index (χ1v) is 14.3. The molecule has 2 aromatic rings. The van der Waals surface area contributed by atoms with Crippen molar-refractivity contribution in [3.05, 3.63) is 20.8 Å². The highest BCUT2D eigenvalue weighted by atomic mass is 32.2. The molecule has 2 fully saturated rings. The van der Waals surface area contributed by atoms with E-state index in [1.54, 1.807) is 11.3 Å². The molecule has 0 bridgehead atoms. The fraction of sp³-hybridized carbons (Fsp3) is 0.720. The number of amides is 1. The highest BCUT2D eigenvalue weighted by Gasteiger charge is 2.29. The van der Waals surface area contributed by atoms with Crippen LogP contribution in [0.3, 0.4) is 0 Å². The van der Waals surface area contributed by atoms with Gasteiger partial charge in [-0.25, -0.2) is 4.98 Å². The summed E-state index contributed by atoms with van der Waals surface area (Å²) in [5.74, 6) is 1.57. The summed E-state index contributed by atoms with van der Waals surface area (Å²) >= 11 is 3.16. The second kappa shape index (κ2) is 9.49. The molecule has 0 aliphatic heterocycles. The molecule has 2 heterocycles. The van der Waals surface area contributed by atoms with Crippen molar-refractivity contribution in [3.63, 3.8) is 0 Å². The lowest BCUT2D eigenvalue weighted by molar-refractivity contribution is -0.120. The van der Waals surface area contributed by atoms with Gasteiger partial charge in [-0.05, 0) is 62.3 Å². The van der Waals surface area contributed by atoms with Crippen LogP contribution in [-0.4, -0.2) is 27.3 Å². The first-order chi connectivity index (χ1) is 15.5. The second-order valence-electron chi connectivity index (χ2n) is 10.1. The van der Waals surface area contributed by atoms with Crippen LogP contribution < -0.4 is 10.9 Å². The minimum Gasteiger partial charge on any atom is -0.352 e. The molecule has 3 aliphatic carbocycles. The quantitative estimate of drug-likeness (QED) is 0.461. The van der Waals surface area contributed by atoms with Gasteiger partial charge in [-0.1, -0.05) is 51.3 Å². The molecule has 7 heteroatoms. The lowest BCUT2D eigenvalue weighted by Gasteiger charge is -2.34. The summed E-state index contributed by atoms with van der Waals surface area (Å²) in [5.41, 5.74) is 1.40. The standard InChI is InChI=1S/C25H35N3O2S2/c1-15-8-7-12-19(16(15)2)26-21(29)14-31-25-27-23-22(18-11-5-6-13-20(18)32-23)24(30)28(25)17-9-3-4-10-17/h15-17,19H,3-14H2,1-2H3,(H,26,29). The van der Waals surface area contributed by atoms with Gasteiger partial charge in [-0.15, -0.1) is 11.3 Å². The van der Waals surface area contributed by atoms with Crippen molar-refractivity contribution < 1.29 is 4.79 Å². The third-order valence-electron chi connectivity index (χ3n) is 8.06. The number of aromatic nitrogens is 2. The van der Waals surface area contributed by atoms with Crippen molar-refractivity contribution in [2.45, 2.75) is 102 Å². The molecule has 5 nitrogen and oxygen atoms in total.